The summed E-state index contributed by atoms with van der Waals surface area (Å²) in [6.45, 7) is 0. The number of methoxy groups -OCH3 is 2. The molecule has 2 aromatic rings. The maximum Gasteiger partial charge on any atom is 0.215 e. The predicted octanol–water partition coefficient (Wildman–Crippen LogP) is 2.47. The Kier molecular flexibility index (Phi) is 3.75. The number of halogens is 1. The van der Waals surface area contributed by atoms with Gasteiger partial charge in [0, 0.05) is 11.8 Å². The van der Waals surface area contributed by atoms with Crippen LogP contribution in [0.25, 0.3) is 0 Å². The molecule has 0 spiro atoms. The second kappa shape index (κ2) is 5.48. The Morgan fingerprint density at radius 1 is 1.16 bits per heavy atom. The highest BCUT2D eigenvalue weighted by molar-refractivity contribution is 6.09. The van der Waals surface area contributed by atoms with Gasteiger partial charge in [-0.3, -0.25) is 4.79 Å². The van der Waals surface area contributed by atoms with E-state index in [-0.39, 0.29) is 17.0 Å². The number of ketones is 1. The fourth-order valence-corrected chi connectivity index (χ4v) is 1.67. The SMILES string of the molecule is COc1ccc(C(=O)c2ncccc2OC)cc1F. The predicted molar refractivity (Wildman–Crippen MR) is 67.2 cm³/mol. The van der Waals surface area contributed by atoms with Gasteiger partial charge in [-0.05, 0) is 30.3 Å². The topological polar surface area (TPSA) is 48.4 Å². The van der Waals surface area contributed by atoms with Gasteiger partial charge in [-0.15, -0.1) is 0 Å². The second-order valence-corrected chi connectivity index (χ2v) is 3.73. The minimum Gasteiger partial charge on any atom is -0.494 e. The van der Waals surface area contributed by atoms with Crippen molar-refractivity contribution in [3.8, 4) is 11.5 Å². The van der Waals surface area contributed by atoms with E-state index in [0.29, 0.717) is 5.75 Å². The van der Waals surface area contributed by atoms with E-state index in [1.165, 1.54) is 32.5 Å². The van der Waals surface area contributed by atoms with Crippen LogP contribution in [0.15, 0.2) is 36.5 Å². The van der Waals surface area contributed by atoms with Crippen LogP contribution in [0.1, 0.15) is 16.1 Å². The van der Waals surface area contributed by atoms with E-state index in [4.69, 9.17) is 9.47 Å². The minimum absolute atomic E-state index is 0.0875. The van der Waals surface area contributed by atoms with Gasteiger partial charge < -0.3 is 9.47 Å². The largest absolute Gasteiger partial charge is 0.494 e. The minimum atomic E-state index is -0.594. The first-order valence-corrected chi connectivity index (χ1v) is 5.54. The number of ether oxygens (including phenoxy) is 2. The van der Waals surface area contributed by atoms with Gasteiger partial charge in [-0.2, -0.15) is 0 Å². The first kappa shape index (κ1) is 13.0. The molecule has 0 N–H and O–H groups in total. The average molecular weight is 261 g/mol. The zero-order valence-corrected chi connectivity index (χ0v) is 10.5. The number of aromatic nitrogens is 1. The number of pyridine rings is 1. The van der Waals surface area contributed by atoms with Crippen molar-refractivity contribution in [1.29, 1.82) is 0 Å². The van der Waals surface area contributed by atoms with Gasteiger partial charge >= 0.3 is 0 Å². The molecular weight excluding hydrogens is 249 g/mol. The van der Waals surface area contributed by atoms with Crippen LogP contribution in [0.2, 0.25) is 0 Å². The van der Waals surface area contributed by atoms with Crippen molar-refractivity contribution < 1.29 is 18.7 Å². The third-order valence-electron chi connectivity index (χ3n) is 2.62. The highest BCUT2D eigenvalue weighted by Gasteiger charge is 2.17. The molecule has 1 aromatic carbocycles. The summed E-state index contributed by atoms with van der Waals surface area (Å²) in [5, 5.41) is 0. The molecule has 2 rings (SSSR count). The lowest BCUT2D eigenvalue weighted by Crippen LogP contribution is -2.07. The second-order valence-electron chi connectivity index (χ2n) is 3.73. The molecule has 0 atom stereocenters. The summed E-state index contributed by atoms with van der Waals surface area (Å²) in [5.74, 6) is -0.560. The highest BCUT2D eigenvalue weighted by atomic mass is 19.1. The van der Waals surface area contributed by atoms with Crippen LogP contribution < -0.4 is 9.47 Å². The van der Waals surface area contributed by atoms with Crippen LogP contribution in [0.5, 0.6) is 11.5 Å². The maximum atomic E-state index is 13.6. The molecule has 0 radical (unpaired) electrons. The quantitative estimate of drug-likeness (QED) is 0.793. The Labute approximate surface area is 109 Å². The molecule has 0 aliphatic rings. The molecule has 4 nitrogen and oxygen atoms in total. The lowest BCUT2D eigenvalue weighted by molar-refractivity contribution is 0.103. The first-order chi connectivity index (χ1) is 9.17. The Balaban J connectivity index is 2.41. The summed E-state index contributed by atoms with van der Waals surface area (Å²) < 4.78 is 23.4. The molecule has 0 amide bonds. The molecule has 19 heavy (non-hydrogen) atoms. The number of nitrogens with zero attached hydrogens (tertiary/aromatic N) is 1. The maximum absolute atomic E-state index is 13.6. The lowest BCUT2D eigenvalue weighted by Gasteiger charge is -2.07. The molecule has 1 heterocycles. The van der Waals surface area contributed by atoms with Gasteiger partial charge in [0.2, 0.25) is 5.78 Å². The zero-order chi connectivity index (χ0) is 13.8. The van der Waals surface area contributed by atoms with Crippen molar-refractivity contribution in [3.63, 3.8) is 0 Å². The number of hydrogen-bond acceptors (Lipinski definition) is 4. The summed E-state index contributed by atoms with van der Waals surface area (Å²) in [5.41, 5.74) is 0.338. The zero-order valence-electron chi connectivity index (χ0n) is 10.5. The van der Waals surface area contributed by atoms with Gasteiger partial charge in [0.1, 0.15) is 5.75 Å². The van der Waals surface area contributed by atoms with Crippen LogP contribution in [0, 0.1) is 5.82 Å². The number of carbonyl (C=O) groups is 1. The molecule has 0 fully saturated rings. The summed E-state index contributed by atoms with van der Waals surface area (Å²) in [7, 11) is 2.81. The van der Waals surface area contributed by atoms with Crippen molar-refractivity contribution in [2.45, 2.75) is 0 Å². The van der Waals surface area contributed by atoms with Crippen LogP contribution in [-0.4, -0.2) is 25.0 Å². The van der Waals surface area contributed by atoms with Crippen LogP contribution >= 0.6 is 0 Å². The summed E-state index contributed by atoms with van der Waals surface area (Å²) in [6.07, 6.45) is 1.48. The van der Waals surface area contributed by atoms with Crippen molar-refractivity contribution in [2.75, 3.05) is 14.2 Å². The molecule has 0 aliphatic heterocycles. The Morgan fingerprint density at radius 2 is 1.89 bits per heavy atom. The van der Waals surface area contributed by atoms with E-state index in [1.807, 2.05) is 0 Å². The third-order valence-corrected chi connectivity index (χ3v) is 2.62. The van der Waals surface area contributed by atoms with E-state index >= 15 is 0 Å². The van der Waals surface area contributed by atoms with E-state index in [1.54, 1.807) is 12.1 Å². The summed E-state index contributed by atoms with van der Waals surface area (Å²) in [4.78, 5) is 16.2. The number of benzene rings is 1. The van der Waals surface area contributed by atoms with Gasteiger partial charge in [0.05, 0.1) is 14.2 Å². The molecule has 5 heteroatoms. The molecule has 0 saturated carbocycles. The molecule has 0 unspecified atom stereocenters. The van der Waals surface area contributed by atoms with Crippen molar-refractivity contribution >= 4 is 5.78 Å². The molecule has 0 saturated heterocycles. The van der Waals surface area contributed by atoms with Crippen LogP contribution in [0.4, 0.5) is 4.39 Å². The van der Waals surface area contributed by atoms with Gasteiger partial charge in [-0.1, -0.05) is 0 Å². The first-order valence-electron chi connectivity index (χ1n) is 5.54. The van der Waals surface area contributed by atoms with Gasteiger partial charge in [-0.25, -0.2) is 9.37 Å². The normalized spacial score (nSPS) is 10.1. The summed E-state index contributed by atoms with van der Waals surface area (Å²) in [6, 6.07) is 7.29. The van der Waals surface area contributed by atoms with Gasteiger partial charge in [0.25, 0.3) is 0 Å². The van der Waals surface area contributed by atoms with Crippen molar-refractivity contribution in [2.24, 2.45) is 0 Å². The molecule has 98 valence electrons. The lowest BCUT2D eigenvalue weighted by atomic mass is 10.1. The van der Waals surface area contributed by atoms with Gasteiger partial charge in [0.15, 0.2) is 17.3 Å². The molecule has 0 aliphatic carbocycles. The van der Waals surface area contributed by atoms with E-state index in [9.17, 15) is 9.18 Å². The summed E-state index contributed by atoms with van der Waals surface area (Å²) >= 11 is 0. The van der Waals surface area contributed by atoms with Crippen LogP contribution in [0.3, 0.4) is 0 Å². The van der Waals surface area contributed by atoms with Crippen molar-refractivity contribution in [3.05, 3.63) is 53.6 Å². The van der Waals surface area contributed by atoms with Crippen LogP contribution in [-0.2, 0) is 0 Å². The average Bonchev–Trinajstić information content (AvgIpc) is 2.46. The number of hydrogen-bond donors (Lipinski definition) is 0. The molecular formula is C14H12FNO3. The fourth-order valence-electron chi connectivity index (χ4n) is 1.67. The fraction of sp³-hybridized carbons (Fsp3) is 0.143. The van der Waals surface area contributed by atoms with E-state index in [2.05, 4.69) is 4.98 Å². The Hall–Kier alpha value is -2.43. The third kappa shape index (κ3) is 2.54. The van der Waals surface area contributed by atoms with Crippen molar-refractivity contribution in [1.82, 2.24) is 4.98 Å². The standard InChI is InChI=1S/C14H12FNO3/c1-18-11-6-5-9(8-10(11)15)14(17)13-12(19-2)4-3-7-16-13/h3-8H,1-2H3. The Morgan fingerprint density at radius 3 is 2.53 bits per heavy atom. The molecule has 1 aromatic heterocycles. The van der Waals surface area contributed by atoms with E-state index < -0.39 is 11.6 Å². The monoisotopic (exact) mass is 261 g/mol. The highest BCUT2D eigenvalue weighted by Crippen LogP contribution is 2.22. The number of carbonyl (C=O) groups excluding carboxylic acids is 1. The number of rotatable bonds is 4. The Bertz CT molecular complexity index is 613. The molecule has 0 bridgehead atoms. The smallest absolute Gasteiger partial charge is 0.215 e. The van der Waals surface area contributed by atoms with E-state index in [0.717, 1.165) is 6.07 Å².